The van der Waals surface area contributed by atoms with E-state index in [1.807, 2.05) is 32.0 Å². The number of carbonyl (C=O) groups excluding carboxylic acids is 3. The van der Waals surface area contributed by atoms with E-state index in [9.17, 15) is 14.4 Å². The Morgan fingerprint density at radius 1 is 1.29 bits per heavy atom. The number of carbonyl (C=O) groups is 3. The van der Waals surface area contributed by atoms with Crippen LogP contribution < -0.4 is 10.6 Å². The number of hydrogen-bond donors (Lipinski definition) is 2. The van der Waals surface area contributed by atoms with Crippen LogP contribution in [0.2, 0.25) is 0 Å². The largest absolute Gasteiger partial charge is 0.416 e. The highest BCUT2D eigenvalue weighted by Gasteiger charge is 2.23. The smallest absolute Gasteiger partial charge is 0.324 e. The van der Waals surface area contributed by atoms with Gasteiger partial charge in [0.1, 0.15) is 0 Å². The molecule has 1 saturated heterocycles. The number of thioether (sulfide) groups is 1. The Bertz CT molecular complexity index is 878. The molecule has 2 N–H and O–H groups in total. The molecule has 1 aliphatic rings. The molecule has 1 fully saturated rings. The van der Waals surface area contributed by atoms with Gasteiger partial charge < -0.3 is 14.6 Å². The topological polar surface area (TPSA) is 117 Å². The second-order valence-electron chi connectivity index (χ2n) is 6.41. The Morgan fingerprint density at radius 2 is 2.04 bits per heavy atom. The first-order valence-corrected chi connectivity index (χ1v) is 9.81. The number of aryl methyl sites for hydroxylation is 2. The molecule has 28 heavy (non-hydrogen) atoms. The SMILES string of the molecule is Cc1cccc(C)c1NC(=O)CSc1nnc(CCN2CCC(=O)NC2=O)o1. The van der Waals surface area contributed by atoms with Crippen molar-refractivity contribution in [3.8, 4) is 0 Å². The average Bonchev–Trinajstić information content (AvgIpc) is 3.10. The Balaban J connectivity index is 1.46. The van der Waals surface area contributed by atoms with Gasteiger partial charge in [-0.15, -0.1) is 10.2 Å². The molecule has 3 rings (SSSR count). The van der Waals surface area contributed by atoms with E-state index in [4.69, 9.17) is 4.42 Å². The van der Waals surface area contributed by atoms with E-state index in [1.54, 1.807) is 0 Å². The van der Waals surface area contributed by atoms with Gasteiger partial charge in [0.05, 0.1) is 5.75 Å². The van der Waals surface area contributed by atoms with E-state index in [-0.39, 0.29) is 24.0 Å². The Labute approximate surface area is 166 Å². The number of nitrogens with zero attached hydrogens (tertiary/aromatic N) is 3. The zero-order valence-electron chi connectivity index (χ0n) is 15.7. The summed E-state index contributed by atoms with van der Waals surface area (Å²) in [6.07, 6.45) is 0.663. The Hall–Kier alpha value is -2.88. The van der Waals surface area contributed by atoms with Crippen molar-refractivity contribution >= 4 is 35.3 Å². The molecule has 4 amide bonds. The van der Waals surface area contributed by atoms with E-state index >= 15 is 0 Å². The molecule has 1 aromatic carbocycles. The maximum Gasteiger partial charge on any atom is 0.324 e. The zero-order chi connectivity index (χ0) is 20.1. The summed E-state index contributed by atoms with van der Waals surface area (Å²) in [6.45, 7) is 4.63. The van der Waals surface area contributed by atoms with E-state index in [2.05, 4.69) is 20.8 Å². The zero-order valence-corrected chi connectivity index (χ0v) is 16.5. The van der Waals surface area contributed by atoms with Crippen molar-refractivity contribution in [3.05, 3.63) is 35.2 Å². The standard InChI is InChI=1S/C18H21N5O4S/c1-11-4-3-5-12(2)16(11)19-14(25)10-28-18-22-21-15(27-18)7-9-23-8-6-13(24)20-17(23)26/h3-5H,6-10H2,1-2H3,(H,19,25)(H,20,24,26). The molecule has 1 aliphatic heterocycles. The average molecular weight is 403 g/mol. The molecule has 2 aromatic rings. The third-order valence-electron chi connectivity index (χ3n) is 4.26. The molecule has 2 heterocycles. The molecule has 10 heteroatoms. The van der Waals surface area contributed by atoms with Crippen molar-refractivity contribution in [2.45, 2.75) is 31.9 Å². The van der Waals surface area contributed by atoms with Gasteiger partial charge in [-0.3, -0.25) is 14.9 Å². The number of urea groups is 1. The van der Waals surface area contributed by atoms with Gasteiger partial charge in [-0.1, -0.05) is 30.0 Å². The molecule has 0 aliphatic carbocycles. The second kappa shape index (κ2) is 8.87. The van der Waals surface area contributed by atoms with Gasteiger partial charge in [0.25, 0.3) is 5.22 Å². The number of benzene rings is 1. The third kappa shape index (κ3) is 5.10. The quantitative estimate of drug-likeness (QED) is 0.678. The number of nitrogens with one attached hydrogen (secondary N) is 2. The molecule has 0 atom stereocenters. The summed E-state index contributed by atoms with van der Waals surface area (Å²) in [5, 5.41) is 13.3. The number of amides is 4. The van der Waals surface area contributed by atoms with Gasteiger partial charge >= 0.3 is 6.03 Å². The number of hydrogen-bond acceptors (Lipinski definition) is 7. The van der Waals surface area contributed by atoms with Crippen LogP contribution in [0.4, 0.5) is 10.5 Å². The predicted molar refractivity (Wildman–Crippen MR) is 103 cm³/mol. The van der Waals surface area contributed by atoms with Gasteiger partial charge in [-0.2, -0.15) is 0 Å². The Morgan fingerprint density at radius 3 is 2.75 bits per heavy atom. The number of imide groups is 1. The summed E-state index contributed by atoms with van der Waals surface area (Å²) >= 11 is 1.15. The summed E-state index contributed by atoms with van der Waals surface area (Å²) in [5.41, 5.74) is 2.82. The van der Waals surface area contributed by atoms with Crippen molar-refractivity contribution < 1.29 is 18.8 Å². The molecule has 0 saturated carbocycles. The number of para-hydroxylation sites is 1. The molecule has 0 radical (unpaired) electrons. The molecular weight excluding hydrogens is 382 g/mol. The van der Waals surface area contributed by atoms with E-state index in [0.717, 1.165) is 28.6 Å². The second-order valence-corrected chi connectivity index (χ2v) is 7.33. The monoisotopic (exact) mass is 403 g/mol. The maximum absolute atomic E-state index is 12.2. The van der Waals surface area contributed by atoms with Crippen LogP contribution in [-0.2, 0) is 16.0 Å². The van der Waals surface area contributed by atoms with Crippen LogP contribution in [-0.4, -0.2) is 51.8 Å². The van der Waals surface area contributed by atoms with Crippen LogP contribution in [0, 0.1) is 13.8 Å². The van der Waals surface area contributed by atoms with E-state index in [1.165, 1.54) is 4.90 Å². The van der Waals surface area contributed by atoms with Crippen LogP contribution in [0.1, 0.15) is 23.4 Å². The lowest BCUT2D eigenvalue weighted by atomic mass is 10.1. The van der Waals surface area contributed by atoms with Gasteiger partial charge in [0, 0.05) is 31.6 Å². The van der Waals surface area contributed by atoms with Crippen molar-refractivity contribution in [1.82, 2.24) is 20.4 Å². The normalized spacial score (nSPS) is 14.1. The molecule has 0 bridgehead atoms. The summed E-state index contributed by atoms with van der Waals surface area (Å²) in [5.74, 6) is 0.0996. The first kappa shape index (κ1) is 19.9. The summed E-state index contributed by atoms with van der Waals surface area (Å²) in [6, 6.07) is 5.42. The number of rotatable bonds is 7. The first-order valence-electron chi connectivity index (χ1n) is 8.82. The minimum Gasteiger partial charge on any atom is -0.416 e. The molecule has 1 aromatic heterocycles. The number of aromatic nitrogens is 2. The minimum absolute atomic E-state index is 0.145. The maximum atomic E-state index is 12.2. The lowest BCUT2D eigenvalue weighted by Crippen LogP contribution is -2.49. The highest BCUT2D eigenvalue weighted by atomic mass is 32.2. The van der Waals surface area contributed by atoms with E-state index < -0.39 is 6.03 Å². The van der Waals surface area contributed by atoms with Crippen molar-refractivity contribution in [3.63, 3.8) is 0 Å². The summed E-state index contributed by atoms with van der Waals surface area (Å²) < 4.78 is 5.51. The van der Waals surface area contributed by atoms with Gasteiger partial charge in [-0.05, 0) is 25.0 Å². The van der Waals surface area contributed by atoms with Crippen LogP contribution in [0.25, 0.3) is 0 Å². The van der Waals surface area contributed by atoms with Crippen molar-refractivity contribution in [2.75, 3.05) is 24.2 Å². The Kier molecular flexibility index (Phi) is 6.30. The molecule has 0 unspecified atom stereocenters. The van der Waals surface area contributed by atoms with Crippen LogP contribution >= 0.6 is 11.8 Å². The fraction of sp³-hybridized carbons (Fsp3) is 0.389. The summed E-state index contributed by atoms with van der Waals surface area (Å²) in [4.78, 5) is 36.5. The van der Waals surface area contributed by atoms with Crippen LogP contribution in [0.15, 0.2) is 27.8 Å². The van der Waals surface area contributed by atoms with Gasteiger partial charge in [-0.25, -0.2) is 4.79 Å². The van der Waals surface area contributed by atoms with Crippen molar-refractivity contribution in [1.29, 1.82) is 0 Å². The fourth-order valence-electron chi connectivity index (χ4n) is 2.75. The minimum atomic E-state index is -0.409. The molecule has 148 valence electrons. The molecular formula is C18H21N5O4S. The molecule has 9 nitrogen and oxygen atoms in total. The molecule has 0 spiro atoms. The van der Waals surface area contributed by atoms with Crippen LogP contribution in [0.3, 0.4) is 0 Å². The lowest BCUT2D eigenvalue weighted by molar-refractivity contribution is -0.121. The summed E-state index contributed by atoms with van der Waals surface area (Å²) in [7, 11) is 0. The fourth-order valence-corrected chi connectivity index (χ4v) is 3.34. The van der Waals surface area contributed by atoms with Gasteiger partial charge in [0.2, 0.25) is 17.7 Å². The highest BCUT2D eigenvalue weighted by Crippen LogP contribution is 2.21. The highest BCUT2D eigenvalue weighted by molar-refractivity contribution is 7.99. The van der Waals surface area contributed by atoms with Crippen LogP contribution in [0.5, 0.6) is 0 Å². The number of anilines is 1. The lowest BCUT2D eigenvalue weighted by Gasteiger charge is -2.25. The first-order chi connectivity index (χ1) is 13.4. The van der Waals surface area contributed by atoms with Crippen molar-refractivity contribution in [2.24, 2.45) is 0 Å². The van der Waals surface area contributed by atoms with E-state index in [0.29, 0.717) is 30.6 Å². The predicted octanol–water partition coefficient (Wildman–Crippen LogP) is 1.90. The third-order valence-corrected chi connectivity index (χ3v) is 5.08. The van der Waals surface area contributed by atoms with Gasteiger partial charge in [0.15, 0.2) is 0 Å².